The summed E-state index contributed by atoms with van der Waals surface area (Å²) in [6.07, 6.45) is 1.66. The Kier molecular flexibility index (Phi) is 6.59. The number of rotatable bonds is 4. The molecule has 6 aromatic rings. The zero-order valence-corrected chi connectivity index (χ0v) is 21.6. The van der Waals surface area contributed by atoms with Crippen LogP contribution in [-0.2, 0) is 23.7 Å². The van der Waals surface area contributed by atoms with Gasteiger partial charge in [0.15, 0.2) is 16.6 Å². The lowest BCUT2D eigenvalue weighted by molar-refractivity contribution is -0.618. The van der Waals surface area contributed by atoms with Crippen molar-refractivity contribution in [2.75, 3.05) is 5.32 Å². The molecule has 0 aliphatic heterocycles. The predicted octanol–water partition coefficient (Wildman–Crippen LogP) is 5.05. The predicted molar refractivity (Wildman–Crippen MR) is 143 cm³/mol. The molecule has 1 N–H and O–H groups in total. The maximum absolute atomic E-state index is 10.4. The Morgan fingerprint density at radius 2 is 1.66 bits per heavy atom. The molecule has 3 heterocycles. The molecule has 8 nitrogen and oxygen atoms in total. The van der Waals surface area contributed by atoms with Crippen molar-refractivity contribution in [2.24, 2.45) is 7.05 Å². The topological polar surface area (TPSA) is 114 Å². The molecule has 9 heteroatoms. The fourth-order valence-electron chi connectivity index (χ4n) is 4.55. The van der Waals surface area contributed by atoms with Crippen LogP contribution in [0.4, 0.5) is 5.69 Å². The molecule has 0 aliphatic rings. The summed E-state index contributed by atoms with van der Waals surface area (Å²) in [5.74, 6) is 0.827. The third-order valence-corrected chi connectivity index (χ3v) is 7.19. The lowest BCUT2D eigenvalue weighted by atomic mass is 10.1. The molecule has 190 valence electrons. The maximum atomic E-state index is 10.4. The Morgan fingerprint density at radius 3 is 2.32 bits per heavy atom. The number of fused-ring (bicyclic) bond motifs is 5. The van der Waals surface area contributed by atoms with Gasteiger partial charge in [-0.15, -0.1) is 0 Å². The van der Waals surface area contributed by atoms with Crippen LogP contribution in [0, 0.1) is 18.3 Å². The second-order valence-corrected chi connectivity index (χ2v) is 10.2. The van der Waals surface area contributed by atoms with E-state index in [1.807, 2.05) is 50.4 Å². The normalized spacial score (nSPS) is 11.3. The van der Waals surface area contributed by atoms with Crippen LogP contribution in [0.15, 0.2) is 101 Å². The monoisotopic (exact) mass is 524 g/mol. The minimum absolute atomic E-state index is 0.178. The highest BCUT2D eigenvalue weighted by molar-refractivity contribution is 7.85. The van der Waals surface area contributed by atoms with Gasteiger partial charge in [0.05, 0.1) is 30.4 Å². The molecule has 6 rings (SSSR count). The van der Waals surface area contributed by atoms with E-state index in [4.69, 9.17) is 4.42 Å². The average Bonchev–Trinajstić information content (AvgIpc) is 3.54. The van der Waals surface area contributed by atoms with Gasteiger partial charge >= 0.3 is 5.65 Å². The van der Waals surface area contributed by atoms with Crippen LogP contribution in [0.25, 0.3) is 27.6 Å². The van der Waals surface area contributed by atoms with E-state index in [9.17, 15) is 18.2 Å². The third-order valence-electron chi connectivity index (χ3n) is 6.34. The number of aromatic nitrogens is 2. The van der Waals surface area contributed by atoms with Crippen molar-refractivity contribution >= 4 is 43.4 Å². The van der Waals surface area contributed by atoms with Crippen LogP contribution in [0.2, 0.25) is 0 Å². The number of nitriles is 1. The number of furan rings is 1. The van der Waals surface area contributed by atoms with E-state index >= 15 is 0 Å². The molecule has 0 fully saturated rings. The van der Waals surface area contributed by atoms with Gasteiger partial charge in [-0.3, -0.25) is 0 Å². The fraction of sp³-hybridized carbons (Fsp3) is 0.103. The minimum atomic E-state index is -4.27. The Balaban J connectivity index is 0.000000226. The first-order valence-corrected chi connectivity index (χ1v) is 13.2. The van der Waals surface area contributed by atoms with E-state index in [1.165, 1.54) is 12.1 Å². The van der Waals surface area contributed by atoms with Crippen molar-refractivity contribution < 1.29 is 22.0 Å². The minimum Gasteiger partial charge on any atom is -0.744 e. The summed E-state index contributed by atoms with van der Waals surface area (Å²) in [7, 11) is -2.27. The highest BCUT2D eigenvalue weighted by Crippen LogP contribution is 2.32. The first-order chi connectivity index (χ1) is 18.3. The zero-order chi connectivity index (χ0) is 26.9. The van der Waals surface area contributed by atoms with E-state index in [-0.39, 0.29) is 4.90 Å². The van der Waals surface area contributed by atoms with Crippen LogP contribution < -0.4 is 9.88 Å². The standard InChI is InChI=1S/C22H16N4O.C7H8O3S/c1-25-19-10-4-5-11-20(19)26-18-9-3-2-8-16(18)21(17(13-23)22(25)26)24-14-15-7-6-12-27-15;1-6-2-4-7(5-3-6)11(8,9)10/h2-12H,14H2,1H3;2-5H,1H3,(H,8,9,10). The molecule has 0 saturated heterocycles. The molecular weight excluding hydrogens is 500 g/mol. The largest absolute Gasteiger partial charge is 0.744 e. The van der Waals surface area contributed by atoms with Gasteiger partial charge in [0.1, 0.15) is 27.5 Å². The quantitative estimate of drug-likeness (QED) is 0.255. The van der Waals surface area contributed by atoms with Crippen molar-refractivity contribution in [3.63, 3.8) is 0 Å². The van der Waals surface area contributed by atoms with Crippen molar-refractivity contribution in [3.05, 3.63) is 108 Å². The van der Waals surface area contributed by atoms with E-state index in [1.54, 1.807) is 18.4 Å². The van der Waals surface area contributed by atoms with E-state index in [0.29, 0.717) is 12.1 Å². The summed E-state index contributed by atoms with van der Waals surface area (Å²) in [6.45, 7) is 2.34. The summed E-state index contributed by atoms with van der Waals surface area (Å²) in [6, 6.07) is 28.4. The molecule has 0 amide bonds. The van der Waals surface area contributed by atoms with Crippen molar-refractivity contribution in [3.8, 4) is 6.07 Å². The summed E-state index contributed by atoms with van der Waals surface area (Å²) in [5.41, 5.74) is 6.49. The first kappa shape index (κ1) is 25.0. The molecule has 0 radical (unpaired) electrons. The maximum Gasteiger partial charge on any atom is 0.307 e. The molecule has 3 aromatic heterocycles. The second-order valence-electron chi connectivity index (χ2n) is 8.79. The Bertz CT molecular complexity index is 1920. The highest BCUT2D eigenvalue weighted by atomic mass is 32.2. The van der Waals surface area contributed by atoms with Gasteiger partial charge in [0, 0.05) is 5.39 Å². The SMILES string of the molecule is C[n+]1c2ccccc2n2c3ccccc3c(NCc3ccco3)c(C#N)c21.Cc1ccc(S(=O)(=O)[O-])cc1. The number of para-hydroxylation sites is 3. The van der Waals surface area contributed by atoms with Gasteiger partial charge in [-0.1, -0.05) is 42.0 Å². The van der Waals surface area contributed by atoms with Gasteiger partial charge < -0.3 is 14.3 Å². The smallest absolute Gasteiger partial charge is 0.307 e. The average molecular weight is 525 g/mol. The molecule has 0 aliphatic carbocycles. The number of benzene rings is 3. The van der Waals surface area contributed by atoms with Gasteiger partial charge in [0.2, 0.25) is 0 Å². The van der Waals surface area contributed by atoms with Crippen LogP contribution in [0.3, 0.4) is 0 Å². The number of aryl methyl sites for hydroxylation is 2. The van der Waals surface area contributed by atoms with E-state index in [0.717, 1.165) is 44.6 Å². The number of nitrogens with zero attached hydrogens (tertiary/aromatic N) is 3. The molecule has 3 aromatic carbocycles. The van der Waals surface area contributed by atoms with Crippen LogP contribution in [-0.4, -0.2) is 17.4 Å². The number of nitrogens with one attached hydrogen (secondary N) is 1. The highest BCUT2D eigenvalue weighted by Gasteiger charge is 2.26. The molecule has 0 spiro atoms. The molecule has 0 bridgehead atoms. The summed E-state index contributed by atoms with van der Waals surface area (Å²) < 4.78 is 40.9. The lowest BCUT2D eigenvalue weighted by Crippen LogP contribution is -2.28. The fourth-order valence-corrected chi connectivity index (χ4v) is 5.02. The number of hydrogen-bond donors (Lipinski definition) is 1. The first-order valence-electron chi connectivity index (χ1n) is 11.8. The Hall–Kier alpha value is -4.65. The third kappa shape index (κ3) is 4.59. The van der Waals surface area contributed by atoms with Gasteiger partial charge in [-0.05, 0) is 55.5 Å². The zero-order valence-electron chi connectivity index (χ0n) is 20.8. The van der Waals surface area contributed by atoms with Gasteiger partial charge in [0.25, 0.3) is 0 Å². The summed E-state index contributed by atoms with van der Waals surface area (Å²) in [5, 5.41) is 14.5. The summed E-state index contributed by atoms with van der Waals surface area (Å²) in [4.78, 5) is -0.178. The molecule has 0 unspecified atom stereocenters. The summed E-state index contributed by atoms with van der Waals surface area (Å²) >= 11 is 0. The van der Waals surface area contributed by atoms with Crippen molar-refractivity contribution in [1.29, 1.82) is 5.26 Å². The molecule has 38 heavy (non-hydrogen) atoms. The Morgan fingerprint density at radius 1 is 0.974 bits per heavy atom. The van der Waals surface area contributed by atoms with Crippen LogP contribution >= 0.6 is 0 Å². The number of pyridine rings is 1. The van der Waals surface area contributed by atoms with Crippen molar-refractivity contribution in [2.45, 2.75) is 18.4 Å². The number of hydrogen-bond acceptors (Lipinski definition) is 6. The molecule has 0 saturated carbocycles. The Labute approximate surface area is 219 Å². The van der Waals surface area contributed by atoms with E-state index in [2.05, 4.69) is 44.6 Å². The number of imidazole rings is 1. The van der Waals surface area contributed by atoms with Crippen LogP contribution in [0.5, 0.6) is 0 Å². The van der Waals surface area contributed by atoms with Crippen molar-refractivity contribution in [1.82, 2.24) is 4.40 Å². The number of anilines is 1. The molecular formula is C29H24N4O4S. The van der Waals surface area contributed by atoms with Gasteiger partial charge in [-0.25, -0.2) is 13.0 Å². The van der Waals surface area contributed by atoms with Gasteiger partial charge in [-0.2, -0.15) is 9.66 Å². The second kappa shape index (κ2) is 10.0. The lowest BCUT2D eigenvalue weighted by Gasteiger charge is -2.10. The van der Waals surface area contributed by atoms with Crippen LogP contribution in [0.1, 0.15) is 16.9 Å². The molecule has 0 atom stereocenters. The van der Waals surface area contributed by atoms with E-state index < -0.39 is 10.1 Å².